The maximum Gasteiger partial charge on any atom is 0.257 e. The maximum absolute atomic E-state index is 12.6. The largest absolute Gasteiger partial charge is 0.466 e. The molecule has 2 unspecified atom stereocenters. The topological polar surface area (TPSA) is 33.5 Å². The lowest BCUT2D eigenvalue weighted by Crippen LogP contribution is -2.30. The summed E-state index contributed by atoms with van der Waals surface area (Å²) >= 11 is 0. The van der Waals surface area contributed by atoms with Crippen molar-refractivity contribution in [1.29, 1.82) is 0 Å². The summed E-state index contributed by atoms with van der Waals surface area (Å²) in [6, 6.07) is 0. The number of hydrogen-bond acceptors (Lipinski definition) is 2. The van der Waals surface area contributed by atoms with Gasteiger partial charge in [0.1, 0.15) is 11.5 Å². The molecule has 0 spiro atoms. The van der Waals surface area contributed by atoms with Crippen LogP contribution in [0.4, 0.5) is 0 Å². The summed E-state index contributed by atoms with van der Waals surface area (Å²) in [6.07, 6.45) is 3.95. The number of carbonyl (C=O) groups excluding carboxylic acids is 1. The summed E-state index contributed by atoms with van der Waals surface area (Å²) in [4.78, 5) is 14.6. The van der Waals surface area contributed by atoms with Crippen molar-refractivity contribution in [1.82, 2.24) is 4.90 Å². The van der Waals surface area contributed by atoms with Crippen LogP contribution in [0.1, 0.15) is 46.7 Å². The quantitative estimate of drug-likeness (QED) is 0.764. The number of fused-ring (bicyclic) bond motifs is 1. The van der Waals surface area contributed by atoms with E-state index < -0.39 is 0 Å². The molecule has 0 radical (unpaired) electrons. The van der Waals surface area contributed by atoms with Crippen molar-refractivity contribution in [2.24, 2.45) is 11.8 Å². The highest BCUT2D eigenvalue weighted by atomic mass is 16.3. The van der Waals surface area contributed by atoms with Gasteiger partial charge in [0, 0.05) is 18.7 Å². The van der Waals surface area contributed by atoms with Gasteiger partial charge in [0.05, 0.1) is 5.56 Å². The van der Waals surface area contributed by atoms with Gasteiger partial charge in [0.2, 0.25) is 0 Å². The van der Waals surface area contributed by atoms with E-state index in [1.165, 1.54) is 19.3 Å². The van der Waals surface area contributed by atoms with Crippen molar-refractivity contribution in [3.8, 4) is 0 Å². The number of hydrogen-bond donors (Lipinski definition) is 0. The molecule has 2 fully saturated rings. The second-order valence-corrected chi connectivity index (χ2v) is 5.88. The highest BCUT2D eigenvalue weighted by Gasteiger charge is 2.39. The molecule has 3 rings (SSSR count). The molecule has 1 aliphatic carbocycles. The fourth-order valence-electron chi connectivity index (χ4n) is 3.67. The molecule has 0 aromatic carbocycles. The van der Waals surface area contributed by atoms with Crippen molar-refractivity contribution in [2.75, 3.05) is 13.1 Å². The van der Waals surface area contributed by atoms with E-state index in [-0.39, 0.29) is 5.91 Å². The zero-order valence-electron chi connectivity index (χ0n) is 11.5. The molecule has 0 bridgehead atoms. The third kappa shape index (κ3) is 1.68. The van der Waals surface area contributed by atoms with Crippen LogP contribution in [0.2, 0.25) is 0 Å². The van der Waals surface area contributed by atoms with Gasteiger partial charge in [0.15, 0.2) is 0 Å². The van der Waals surface area contributed by atoms with E-state index in [0.29, 0.717) is 0 Å². The predicted molar refractivity (Wildman–Crippen MR) is 69.7 cm³/mol. The monoisotopic (exact) mass is 247 g/mol. The van der Waals surface area contributed by atoms with E-state index in [1.807, 2.05) is 25.7 Å². The van der Waals surface area contributed by atoms with Gasteiger partial charge >= 0.3 is 0 Å². The molecule has 98 valence electrons. The fraction of sp³-hybridized carbons (Fsp3) is 0.667. The Morgan fingerprint density at radius 2 is 1.72 bits per heavy atom. The maximum atomic E-state index is 12.6. The zero-order chi connectivity index (χ0) is 12.9. The van der Waals surface area contributed by atoms with Crippen LogP contribution in [0.25, 0.3) is 0 Å². The molecule has 1 saturated carbocycles. The van der Waals surface area contributed by atoms with Gasteiger partial charge in [-0.15, -0.1) is 0 Å². The summed E-state index contributed by atoms with van der Waals surface area (Å²) in [7, 11) is 0. The minimum absolute atomic E-state index is 0.177. The molecule has 1 aromatic rings. The van der Waals surface area contributed by atoms with Crippen molar-refractivity contribution in [3.63, 3.8) is 0 Å². The third-order valence-electron chi connectivity index (χ3n) is 4.79. The Morgan fingerprint density at radius 1 is 1.11 bits per heavy atom. The number of furan rings is 1. The lowest BCUT2D eigenvalue weighted by Gasteiger charge is -2.17. The third-order valence-corrected chi connectivity index (χ3v) is 4.79. The second-order valence-electron chi connectivity index (χ2n) is 5.88. The predicted octanol–water partition coefficient (Wildman–Crippen LogP) is 3.08. The standard InChI is InChI=1S/C15H21NO2/c1-9-10(2)18-11(3)14(9)15(17)16-7-12-5-4-6-13(12)8-16/h12-13H,4-8H2,1-3H3. The molecule has 3 nitrogen and oxygen atoms in total. The molecule has 2 atom stereocenters. The Hall–Kier alpha value is -1.25. The summed E-state index contributed by atoms with van der Waals surface area (Å²) in [5.74, 6) is 3.32. The number of aryl methyl sites for hydroxylation is 2. The molecular formula is C15H21NO2. The number of carbonyl (C=O) groups is 1. The lowest BCUT2D eigenvalue weighted by molar-refractivity contribution is 0.0778. The first kappa shape index (κ1) is 11.8. The van der Waals surface area contributed by atoms with E-state index in [1.54, 1.807) is 0 Å². The van der Waals surface area contributed by atoms with E-state index in [4.69, 9.17) is 4.42 Å². The molecule has 18 heavy (non-hydrogen) atoms. The molecule has 1 amide bonds. The highest BCUT2D eigenvalue weighted by Crippen LogP contribution is 2.38. The average molecular weight is 247 g/mol. The van der Waals surface area contributed by atoms with Crippen molar-refractivity contribution in [2.45, 2.75) is 40.0 Å². The average Bonchev–Trinajstić information content (AvgIpc) is 2.93. The molecular weight excluding hydrogens is 226 g/mol. The van der Waals surface area contributed by atoms with Crippen LogP contribution in [0.3, 0.4) is 0 Å². The summed E-state index contributed by atoms with van der Waals surface area (Å²) < 4.78 is 5.57. The van der Waals surface area contributed by atoms with Crippen LogP contribution in [-0.4, -0.2) is 23.9 Å². The zero-order valence-corrected chi connectivity index (χ0v) is 11.5. The number of amides is 1. The first-order valence-electron chi connectivity index (χ1n) is 6.93. The SMILES string of the molecule is Cc1oc(C)c(C(=O)N2CC3CCCC3C2)c1C. The molecule has 1 aliphatic heterocycles. The second kappa shape index (κ2) is 4.15. The Bertz CT molecular complexity index is 477. The minimum Gasteiger partial charge on any atom is -0.466 e. The van der Waals surface area contributed by atoms with E-state index in [2.05, 4.69) is 0 Å². The number of nitrogens with zero attached hydrogens (tertiary/aromatic N) is 1. The normalized spacial score (nSPS) is 26.7. The van der Waals surface area contributed by atoms with Gasteiger partial charge in [-0.05, 0) is 45.4 Å². The molecule has 0 N–H and O–H groups in total. The number of likely N-dealkylation sites (tertiary alicyclic amines) is 1. The molecule has 1 saturated heterocycles. The molecule has 2 aliphatic rings. The van der Waals surface area contributed by atoms with Crippen LogP contribution in [0, 0.1) is 32.6 Å². The molecule has 3 heteroatoms. The van der Waals surface area contributed by atoms with Crippen LogP contribution in [0.15, 0.2) is 4.42 Å². The van der Waals surface area contributed by atoms with Gasteiger partial charge in [-0.1, -0.05) is 6.42 Å². The van der Waals surface area contributed by atoms with Crippen LogP contribution >= 0.6 is 0 Å². The van der Waals surface area contributed by atoms with E-state index in [9.17, 15) is 4.79 Å². The molecule has 2 heterocycles. The first-order valence-corrected chi connectivity index (χ1v) is 6.93. The lowest BCUT2D eigenvalue weighted by atomic mass is 10.0. The Balaban J connectivity index is 1.83. The highest BCUT2D eigenvalue weighted by molar-refractivity contribution is 5.97. The van der Waals surface area contributed by atoms with Crippen LogP contribution in [0.5, 0.6) is 0 Å². The van der Waals surface area contributed by atoms with Gasteiger partial charge in [-0.3, -0.25) is 4.79 Å². The summed E-state index contributed by atoms with van der Waals surface area (Å²) in [5.41, 5.74) is 1.81. The van der Waals surface area contributed by atoms with Crippen LogP contribution in [-0.2, 0) is 0 Å². The molecule has 1 aromatic heterocycles. The van der Waals surface area contributed by atoms with E-state index in [0.717, 1.165) is 47.6 Å². The Morgan fingerprint density at radius 3 is 2.22 bits per heavy atom. The fourth-order valence-corrected chi connectivity index (χ4v) is 3.67. The van der Waals surface area contributed by atoms with Crippen molar-refractivity contribution in [3.05, 3.63) is 22.6 Å². The van der Waals surface area contributed by atoms with Gasteiger partial charge in [0.25, 0.3) is 5.91 Å². The van der Waals surface area contributed by atoms with Gasteiger partial charge in [-0.2, -0.15) is 0 Å². The Labute approximate surface area is 108 Å². The first-order chi connectivity index (χ1) is 8.58. The van der Waals surface area contributed by atoms with Crippen LogP contribution < -0.4 is 0 Å². The Kier molecular flexibility index (Phi) is 2.72. The van der Waals surface area contributed by atoms with E-state index >= 15 is 0 Å². The van der Waals surface area contributed by atoms with Crippen molar-refractivity contribution < 1.29 is 9.21 Å². The van der Waals surface area contributed by atoms with Crippen molar-refractivity contribution >= 4 is 5.91 Å². The minimum atomic E-state index is 0.177. The van der Waals surface area contributed by atoms with Gasteiger partial charge < -0.3 is 9.32 Å². The number of rotatable bonds is 1. The summed E-state index contributed by atoms with van der Waals surface area (Å²) in [6.45, 7) is 7.71. The van der Waals surface area contributed by atoms with Gasteiger partial charge in [-0.25, -0.2) is 0 Å². The summed E-state index contributed by atoms with van der Waals surface area (Å²) in [5, 5.41) is 0. The smallest absolute Gasteiger partial charge is 0.257 e.